The Balaban J connectivity index is 1.83. The molecule has 1 heterocycles. The number of amides is 2. The van der Waals surface area contributed by atoms with Crippen LogP contribution >= 0.6 is 11.6 Å². The lowest BCUT2D eigenvalue weighted by Gasteiger charge is -2.22. The largest absolute Gasteiger partial charge is 0.482 e. The van der Waals surface area contributed by atoms with Gasteiger partial charge in [0.1, 0.15) is 12.4 Å². The Kier molecular flexibility index (Phi) is 6.67. The Bertz CT molecular complexity index is 553. The normalized spacial score (nSPS) is 15.2. The molecule has 6 nitrogen and oxygen atoms in total. The van der Waals surface area contributed by atoms with Gasteiger partial charge in [-0.2, -0.15) is 0 Å². The molecule has 0 radical (unpaired) electrons. The smallest absolute Gasteiger partial charge is 0.260 e. The number of halogens is 1. The molecule has 0 aliphatic carbocycles. The monoisotopic (exact) mass is 340 g/mol. The summed E-state index contributed by atoms with van der Waals surface area (Å²) in [5.74, 6) is 0.342. The Morgan fingerprint density at radius 3 is 2.26 bits per heavy atom. The molecule has 126 valence electrons. The highest BCUT2D eigenvalue weighted by atomic mass is 35.5. The maximum atomic E-state index is 12.3. The number of carbonyl (C=O) groups excluding carboxylic acids is 2. The molecule has 1 aromatic rings. The minimum absolute atomic E-state index is 0.0471. The van der Waals surface area contributed by atoms with Crippen molar-refractivity contribution >= 4 is 23.4 Å². The van der Waals surface area contributed by atoms with Gasteiger partial charge in [-0.25, -0.2) is 0 Å². The van der Waals surface area contributed by atoms with Crippen molar-refractivity contribution in [2.75, 3.05) is 46.5 Å². The average molecular weight is 341 g/mol. The van der Waals surface area contributed by atoms with Gasteiger partial charge in [0.15, 0.2) is 6.61 Å². The summed E-state index contributed by atoms with van der Waals surface area (Å²) in [4.78, 5) is 27.5. The van der Waals surface area contributed by atoms with Crippen molar-refractivity contribution < 1.29 is 19.1 Å². The van der Waals surface area contributed by atoms with E-state index in [0.717, 1.165) is 6.42 Å². The van der Waals surface area contributed by atoms with Gasteiger partial charge in [-0.3, -0.25) is 9.59 Å². The average Bonchev–Trinajstić information content (AvgIpc) is 2.80. The quantitative estimate of drug-likeness (QED) is 0.813. The standard InChI is InChI=1S/C16H21ClN2O4/c1-22-11-15(20)18-7-4-8-19(10-9-18)16(21)12-23-14-6-3-2-5-13(14)17/h2-3,5-6H,4,7-12H2,1H3. The third kappa shape index (κ3) is 5.11. The van der Waals surface area contributed by atoms with Gasteiger partial charge in [0, 0.05) is 33.3 Å². The van der Waals surface area contributed by atoms with Crippen LogP contribution in [0.5, 0.6) is 5.75 Å². The molecule has 7 heteroatoms. The van der Waals surface area contributed by atoms with Gasteiger partial charge in [-0.05, 0) is 18.6 Å². The number of rotatable bonds is 5. The Morgan fingerprint density at radius 2 is 1.65 bits per heavy atom. The van der Waals surface area contributed by atoms with E-state index >= 15 is 0 Å². The van der Waals surface area contributed by atoms with E-state index in [1.54, 1.807) is 34.1 Å². The Labute approximate surface area is 140 Å². The fourth-order valence-corrected chi connectivity index (χ4v) is 2.61. The zero-order valence-corrected chi connectivity index (χ0v) is 13.9. The zero-order valence-electron chi connectivity index (χ0n) is 13.2. The lowest BCUT2D eigenvalue weighted by molar-refractivity contribution is -0.136. The molecule has 2 amide bonds. The van der Waals surface area contributed by atoms with Crippen LogP contribution < -0.4 is 4.74 Å². The molecule has 1 fully saturated rings. The van der Waals surface area contributed by atoms with Crippen molar-refractivity contribution in [3.63, 3.8) is 0 Å². The van der Waals surface area contributed by atoms with Crippen LogP contribution in [0.1, 0.15) is 6.42 Å². The summed E-state index contributed by atoms with van der Waals surface area (Å²) >= 11 is 6.00. The molecule has 1 aliphatic heterocycles. The first-order chi connectivity index (χ1) is 11.1. The molecule has 0 aromatic heterocycles. The minimum atomic E-state index is -0.106. The molecular weight excluding hydrogens is 320 g/mol. The molecule has 0 unspecified atom stereocenters. The molecule has 1 aliphatic rings. The molecular formula is C16H21ClN2O4. The fourth-order valence-electron chi connectivity index (χ4n) is 2.42. The number of carbonyl (C=O) groups is 2. The van der Waals surface area contributed by atoms with Crippen LogP contribution in [0, 0.1) is 0 Å². The Hall–Kier alpha value is -1.79. The topological polar surface area (TPSA) is 59.1 Å². The summed E-state index contributed by atoms with van der Waals surface area (Å²) in [6.45, 7) is 2.28. The van der Waals surface area contributed by atoms with Gasteiger partial charge in [0.2, 0.25) is 5.91 Å². The van der Waals surface area contributed by atoms with Crippen molar-refractivity contribution in [1.82, 2.24) is 9.80 Å². The Morgan fingerprint density at radius 1 is 1.04 bits per heavy atom. The third-order valence-corrected chi connectivity index (χ3v) is 3.97. The van der Waals surface area contributed by atoms with Crippen LogP contribution in [0.25, 0.3) is 0 Å². The van der Waals surface area contributed by atoms with Crippen molar-refractivity contribution in [3.05, 3.63) is 29.3 Å². The zero-order chi connectivity index (χ0) is 16.7. The van der Waals surface area contributed by atoms with Crippen molar-refractivity contribution in [2.24, 2.45) is 0 Å². The molecule has 0 bridgehead atoms. The molecule has 0 saturated carbocycles. The first-order valence-corrected chi connectivity index (χ1v) is 7.91. The predicted molar refractivity (Wildman–Crippen MR) is 86.6 cm³/mol. The summed E-state index contributed by atoms with van der Waals surface area (Å²) in [5.41, 5.74) is 0. The van der Waals surface area contributed by atoms with Crippen LogP contribution in [-0.4, -0.2) is 68.1 Å². The second-order valence-electron chi connectivity index (χ2n) is 5.27. The first kappa shape index (κ1) is 17.6. The molecule has 1 saturated heterocycles. The van der Waals surface area contributed by atoms with Crippen LogP contribution in [0.2, 0.25) is 5.02 Å². The van der Waals surface area contributed by atoms with Gasteiger partial charge >= 0.3 is 0 Å². The van der Waals surface area contributed by atoms with Crippen LogP contribution in [0.4, 0.5) is 0 Å². The minimum Gasteiger partial charge on any atom is -0.482 e. The van der Waals surface area contributed by atoms with E-state index in [0.29, 0.717) is 37.0 Å². The number of hydrogen-bond acceptors (Lipinski definition) is 4. The molecule has 23 heavy (non-hydrogen) atoms. The van der Waals surface area contributed by atoms with Gasteiger partial charge in [-0.1, -0.05) is 23.7 Å². The lowest BCUT2D eigenvalue weighted by Crippen LogP contribution is -2.40. The summed E-state index contributed by atoms with van der Waals surface area (Å²) in [7, 11) is 1.50. The second-order valence-corrected chi connectivity index (χ2v) is 5.67. The van der Waals surface area contributed by atoms with Gasteiger partial charge < -0.3 is 19.3 Å². The van der Waals surface area contributed by atoms with Crippen molar-refractivity contribution in [1.29, 1.82) is 0 Å². The van der Waals surface area contributed by atoms with E-state index in [9.17, 15) is 9.59 Å². The van der Waals surface area contributed by atoms with E-state index in [2.05, 4.69) is 0 Å². The molecule has 2 rings (SSSR count). The van der Waals surface area contributed by atoms with E-state index < -0.39 is 0 Å². The highest BCUT2D eigenvalue weighted by molar-refractivity contribution is 6.32. The van der Waals surface area contributed by atoms with Crippen molar-refractivity contribution in [3.8, 4) is 5.75 Å². The number of ether oxygens (including phenoxy) is 2. The summed E-state index contributed by atoms with van der Waals surface area (Å²) in [6.07, 6.45) is 0.743. The summed E-state index contributed by atoms with van der Waals surface area (Å²) in [5, 5.41) is 0.479. The van der Waals surface area contributed by atoms with Gasteiger partial charge in [-0.15, -0.1) is 0 Å². The predicted octanol–water partition coefficient (Wildman–Crippen LogP) is 1.43. The van der Waals surface area contributed by atoms with Gasteiger partial charge in [0.25, 0.3) is 5.91 Å². The van der Waals surface area contributed by atoms with Crippen molar-refractivity contribution in [2.45, 2.75) is 6.42 Å². The molecule has 0 N–H and O–H groups in total. The van der Waals surface area contributed by atoms with E-state index in [4.69, 9.17) is 21.1 Å². The second kappa shape index (κ2) is 8.74. The summed E-state index contributed by atoms with van der Waals surface area (Å²) < 4.78 is 10.3. The third-order valence-electron chi connectivity index (χ3n) is 3.66. The number of benzene rings is 1. The van der Waals surface area contributed by atoms with E-state index in [1.807, 2.05) is 0 Å². The lowest BCUT2D eigenvalue weighted by atomic mass is 10.3. The maximum Gasteiger partial charge on any atom is 0.260 e. The fraction of sp³-hybridized carbons (Fsp3) is 0.500. The molecule has 0 spiro atoms. The highest BCUT2D eigenvalue weighted by Crippen LogP contribution is 2.23. The molecule has 1 aromatic carbocycles. The summed E-state index contributed by atoms with van der Waals surface area (Å²) in [6, 6.07) is 7.05. The van der Waals surface area contributed by atoms with Crippen LogP contribution in [0.15, 0.2) is 24.3 Å². The van der Waals surface area contributed by atoms with Crippen LogP contribution in [0.3, 0.4) is 0 Å². The highest BCUT2D eigenvalue weighted by Gasteiger charge is 2.22. The van der Waals surface area contributed by atoms with E-state index in [-0.39, 0.29) is 25.0 Å². The first-order valence-electron chi connectivity index (χ1n) is 7.53. The number of para-hydroxylation sites is 1. The maximum absolute atomic E-state index is 12.3. The van der Waals surface area contributed by atoms with Crippen LogP contribution in [-0.2, 0) is 14.3 Å². The number of nitrogens with zero attached hydrogens (tertiary/aromatic N) is 2. The van der Waals surface area contributed by atoms with E-state index in [1.165, 1.54) is 7.11 Å². The van der Waals surface area contributed by atoms with Gasteiger partial charge in [0.05, 0.1) is 5.02 Å². The SMILES string of the molecule is COCC(=O)N1CCCN(C(=O)COc2ccccc2Cl)CC1. The number of hydrogen-bond donors (Lipinski definition) is 0. The number of methoxy groups -OCH3 is 1. The molecule has 0 atom stereocenters.